The van der Waals surface area contributed by atoms with Crippen molar-refractivity contribution in [3.63, 3.8) is 0 Å². The van der Waals surface area contributed by atoms with Crippen LogP contribution in [0.15, 0.2) is 29.4 Å². The first-order chi connectivity index (χ1) is 13.3. The third kappa shape index (κ3) is 4.60. The molecule has 1 atom stereocenters. The zero-order valence-electron chi connectivity index (χ0n) is 15.6. The number of halogens is 3. The van der Waals surface area contributed by atoms with E-state index in [2.05, 4.69) is 10.2 Å². The van der Waals surface area contributed by atoms with E-state index >= 15 is 0 Å². The van der Waals surface area contributed by atoms with Crippen molar-refractivity contribution in [2.75, 3.05) is 26.0 Å². The molecule has 0 N–H and O–H groups in total. The van der Waals surface area contributed by atoms with E-state index in [0.717, 1.165) is 5.69 Å². The zero-order valence-corrected chi connectivity index (χ0v) is 16.4. The molecule has 10 heteroatoms. The van der Waals surface area contributed by atoms with Gasteiger partial charge in [-0.3, -0.25) is 9.36 Å². The van der Waals surface area contributed by atoms with E-state index in [1.807, 2.05) is 12.1 Å². The van der Waals surface area contributed by atoms with Crippen LogP contribution in [-0.4, -0.2) is 57.7 Å². The topological polar surface area (TPSA) is 60.2 Å². The van der Waals surface area contributed by atoms with Gasteiger partial charge in [0.05, 0.1) is 18.8 Å². The number of aromatic nitrogens is 3. The van der Waals surface area contributed by atoms with Crippen molar-refractivity contribution < 1.29 is 22.7 Å². The highest BCUT2D eigenvalue weighted by molar-refractivity contribution is 7.99. The monoisotopic (exact) mass is 414 g/mol. The van der Waals surface area contributed by atoms with E-state index < -0.39 is 12.1 Å². The standard InChI is InChI=1S/C18H21F3N4O2S/c1-12-22-23-17(25(12)14-5-7-15(27-2)8-6-14)28-11-16(26)24-9-3-4-13(10-24)18(19,20)21/h5-8,13H,3-4,9-11H2,1-2H3. The number of piperidine rings is 1. The van der Waals surface area contributed by atoms with Crippen LogP contribution in [0.2, 0.25) is 0 Å². The lowest BCUT2D eigenvalue weighted by Crippen LogP contribution is -2.45. The number of hydrogen-bond acceptors (Lipinski definition) is 5. The number of hydrogen-bond donors (Lipinski definition) is 0. The summed E-state index contributed by atoms with van der Waals surface area (Å²) in [6, 6.07) is 7.30. The minimum absolute atomic E-state index is 0.0128. The van der Waals surface area contributed by atoms with Gasteiger partial charge < -0.3 is 9.64 Å². The summed E-state index contributed by atoms with van der Waals surface area (Å²) < 4.78 is 45.8. The molecule has 0 aliphatic carbocycles. The van der Waals surface area contributed by atoms with E-state index in [0.29, 0.717) is 29.7 Å². The lowest BCUT2D eigenvalue weighted by Gasteiger charge is -2.33. The molecule has 152 valence electrons. The van der Waals surface area contributed by atoms with Crippen LogP contribution in [0.25, 0.3) is 5.69 Å². The number of alkyl halides is 3. The van der Waals surface area contributed by atoms with Crippen molar-refractivity contribution in [2.45, 2.75) is 31.1 Å². The molecule has 1 aromatic carbocycles. The molecule has 1 unspecified atom stereocenters. The summed E-state index contributed by atoms with van der Waals surface area (Å²) in [4.78, 5) is 13.7. The predicted molar refractivity (Wildman–Crippen MR) is 98.7 cm³/mol. The molecule has 6 nitrogen and oxygen atoms in total. The normalized spacial score (nSPS) is 17.6. The van der Waals surface area contributed by atoms with Gasteiger partial charge in [0.25, 0.3) is 0 Å². The summed E-state index contributed by atoms with van der Waals surface area (Å²) in [7, 11) is 1.58. The van der Waals surface area contributed by atoms with Gasteiger partial charge in [-0.1, -0.05) is 11.8 Å². The van der Waals surface area contributed by atoms with Crippen molar-refractivity contribution >= 4 is 17.7 Å². The van der Waals surface area contributed by atoms with Gasteiger partial charge in [0.1, 0.15) is 11.6 Å². The number of benzene rings is 1. The van der Waals surface area contributed by atoms with Gasteiger partial charge in [-0.15, -0.1) is 10.2 Å². The molecule has 0 bridgehead atoms. The number of carbonyl (C=O) groups excluding carboxylic acids is 1. The minimum Gasteiger partial charge on any atom is -0.497 e. The predicted octanol–water partition coefficient (Wildman–Crippen LogP) is 3.48. The molecular weight excluding hydrogens is 393 g/mol. The molecule has 2 aromatic rings. The van der Waals surface area contributed by atoms with Gasteiger partial charge in [0.2, 0.25) is 5.91 Å². The maximum absolute atomic E-state index is 13.0. The van der Waals surface area contributed by atoms with Crippen molar-refractivity contribution in [3.05, 3.63) is 30.1 Å². The number of ether oxygens (including phenoxy) is 1. The summed E-state index contributed by atoms with van der Waals surface area (Å²) in [5.41, 5.74) is 0.813. The minimum atomic E-state index is -4.27. The van der Waals surface area contributed by atoms with Crippen LogP contribution in [0, 0.1) is 12.8 Å². The number of methoxy groups -OCH3 is 1. The number of carbonyl (C=O) groups is 1. The number of amides is 1. The van der Waals surface area contributed by atoms with Crippen LogP contribution in [-0.2, 0) is 4.79 Å². The molecule has 1 amide bonds. The molecular formula is C18H21F3N4O2S. The molecule has 2 heterocycles. The van der Waals surface area contributed by atoms with E-state index in [4.69, 9.17) is 4.74 Å². The molecule has 0 spiro atoms. The fourth-order valence-corrected chi connectivity index (χ4v) is 4.05. The van der Waals surface area contributed by atoms with Crippen LogP contribution >= 0.6 is 11.8 Å². The Morgan fingerprint density at radius 2 is 2.00 bits per heavy atom. The number of rotatable bonds is 5. The highest BCUT2D eigenvalue weighted by Crippen LogP contribution is 2.33. The first-order valence-electron chi connectivity index (χ1n) is 8.83. The summed E-state index contributed by atoms with van der Waals surface area (Å²) in [6.07, 6.45) is -3.83. The molecule has 1 aromatic heterocycles. The third-order valence-corrected chi connectivity index (χ3v) is 5.60. The lowest BCUT2D eigenvalue weighted by atomic mass is 9.97. The molecule has 1 saturated heterocycles. The van der Waals surface area contributed by atoms with E-state index in [1.165, 1.54) is 16.7 Å². The summed E-state index contributed by atoms with van der Waals surface area (Å²) in [5.74, 6) is -0.390. The van der Waals surface area contributed by atoms with Crippen molar-refractivity contribution in [2.24, 2.45) is 5.92 Å². The van der Waals surface area contributed by atoms with Gasteiger partial charge in [0.15, 0.2) is 5.16 Å². The SMILES string of the molecule is COc1ccc(-n2c(C)nnc2SCC(=O)N2CCCC(C(F)(F)F)C2)cc1. The Hall–Kier alpha value is -2.23. The second kappa shape index (κ2) is 8.42. The number of likely N-dealkylation sites (tertiary alicyclic amines) is 1. The van der Waals surface area contributed by atoms with Gasteiger partial charge in [-0.25, -0.2) is 0 Å². The lowest BCUT2D eigenvalue weighted by molar-refractivity contribution is -0.187. The van der Waals surface area contributed by atoms with Gasteiger partial charge in [-0.05, 0) is 44.0 Å². The average Bonchev–Trinajstić information content (AvgIpc) is 3.06. The first-order valence-corrected chi connectivity index (χ1v) is 9.82. The maximum atomic E-state index is 13.0. The van der Waals surface area contributed by atoms with E-state index in [1.54, 1.807) is 30.7 Å². The molecule has 3 rings (SSSR count). The Labute approximate surface area is 165 Å². The molecule has 1 aliphatic heterocycles. The molecule has 28 heavy (non-hydrogen) atoms. The fraction of sp³-hybridized carbons (Fsp3) is 0.500. The molecule has 1 aliphatic rings. The second-order valence-electron chi connectivity index (χ2n) is 6.57. The van der Waals surface area contributed by atoms with Gasteiger partial charge in [-0.2, -0.15) is 13.2 Å². The first kappa shape index (κ1) is 20.5. The molecule has 1 fully saturated rings. The quantitative estimate of drug-likeness (QED) is 0.701. The van der Waals surface area contributed by atoms with Crippen LogP contribution in [0.4, 0.5) is 13.2 Å². The average molecular weight is 414 g/mol. The Morgan fingerprint density at radius 3 is 2.64 bits per heavy atom. The zero-order chi connectivity index (χ0) is 20.3. The summed E-state index contributed by atoms with van der Waals surface area (Å²) >= 11 is 1.17. The van der Waals surface area contributed by atoms with Crippen molar-refractivity contribution in [1.29, 1.82) is 0 Å². The molecule has 0 saturated carbocycles. The summed E-state index contributed by atoms with van der Waals surface area (Å²) in [6.45, 7) is 1.88. The number of thioether (sulfide) groups is 1. The van der Waals surface area contributed by atoms with Crippen LogP contribution < -0.4 is 4.74 Å². The highest BCUT2D eigenvalue weighted by atomic mass is 32.2. The van der Waals surface area contributed by atoms with Crippen LogP contribution in [0.3, 0.4) is 0 Å². The Kier molecular flexibility index (Phi) is 6.17. The Balaban J connectivity index is 1.67. The van der Waals surface area contributed by atoms with E-state index in [9.17, 15) is 18.0 Å². The second-order valence-corrected chi connectivity index (χ2v) is 7.51. The van der Waals surface area contributed by atoms with Crippen molar-refractivity contribution in [1.82, 2.24) is 19.7 Å². The number of aryl methyl sites for hydroxylation is 1. The smallest absolute Gasteiger partial charge is 0.393 e. The van der Waals surface area contributed by atoms with Gasteiger partial charge in [0, 0.05) is 18.8 Å². The largest absolute Gasteiger partial charge is 0.497 e. The van der Waals surface area contributed by atoms with E-state index in [-0.39, 0.29) is 24.6 Å². The Morgan fingerprint density at radius 1 is 1.29 bits per heavy atom. The number of nitrogens with zero attached hydrogens (tertiary/aromatic N) is 4. The van der Waals surface area contributed by atoms with Crippen molar-refractivity contribution in [3.8, 4) is 11.4 Å². The Bertz CT molecular complexity index is 823. The fourth-order valence-electron chi connectivity index (χ4n) is 3.15. The van der Waals surface area contributed by atoms with Crippen LogP contribution in [0.1, 0.15) is 18.7 Å². The third-order valence-electron chi connectivity index (χ3n) is 4.69. The van der Waals surface area contributed by atoms with Gasteiger partial charge >= 0.3 is 6.18 Å². The maximum Gasteiger partial charge on any atom is 0.393 e. The summed E-state index contributed by atoms with van der Waals surface area (Å²) in [5, 5.41) is 8.67. The molecule has 0 radical (unpaired) electrons. The van der Waals surface area contributed by atoms with Crippen LogP contribution in [0.5, 0.6) is 5.75 Å². The highest BCUT2D eigenvalue weighted by Gasteiger charge is 2.42.